The number of hydrogen-bond acceptors (Lipinski definition) is 8. The first-order valence-electron chi connectivity index (χ1n) is 44.6. The molecule has 0 fully saturated rings. The highest BCUT2D eigenvalue weighted by molar-refractivity contribution is 6.29. The van der Waals surface area contributed by atoms with E-state index in [2.05, 4.69) is 425 Å². The maximum Gasteiger partial charge on any atom is 0.160 e. The third kappa shape index (κ3) is 14.6. The minimum absolute atomic E-state index is 0.663. The molecule has 8 nitrogen and oxygen atoms in total. The van der Waals surface area contributed by atoms with Gasteiger partial charge in [-0.3, -0.25) is 0 Å². The Bertz CT molecular complexity index is 8620. The number of fused-ring (bicyclic) bond motifs is 12. The third-order valence-electron chi connectivity index (χ3n) is 25.3. The minimum Gasteiger partial charge on any atom is -0.456 e. The van der Waals surface area contributed by atoms with E-state index in [9.17, 15) is 0 Å². The highest BCUT2D eigenvalue weighted by Gasteiger charge is 2.26. The summed E-state index contributed by atoms with van der Waals surface area (Å²) in [7, 11) is 0. The number of aromatic nitrogens is 6. The summed E-state index contributed by atoms with van der Waals surface area (Å²) in [5, 5.41) is 11.1. The Morgan fingerprint density at radius 3 is 0.735 bits per heavy atom. The predicted octanol–water partition coefficient (Wildman–Crippen LogP) is 33.2. The first kappa shape index (κ1) is 77.8. The van der Waals surface area contributed by atoms with E-state index in [0.29, 0.717) is 11.6 Å². The Morgan fingerprint density at radius 2 is 0.386 bits per heavy atom. The normalized spacial score (nSPS) is 11.5. The molecule has 0 bridgehead atoms. The molecule has 25 aromatic rings. The molecule has 6 aromatic heterocycles. The lowest BCUT2D eigenvalue weighted by molar-refractivity contribution is 0.669. The monoisotopic (exact) mass is 1680 g/mol. The first-order chi connectivity index (χ1) is 65.4. The average molecular weight is 1680 g/mol. The van der Waals surface area contributed by atoms with Crippen LogP contribution in [0.5, 0.6) is 0 Å². The number of furan rings is 2. The fourth-order valence-electron chi connectivity index (χ4n) is 19.0. The zero-order valence-electron chi connectivity index (χ0n) is 71.5. The number of hydrogen-bond donors (Lipinski definition) is 0. The molecule has 0 unspecified atom stereocenters. The van der Waals surface area contributed by atoms with Gasteiger partial charge in [-0.25, -0.2) is 29.9 Å². The molecule has 8 heteroatoms. The summed E-state index contributed by atoms with van der Waals surface area (Å²) in [5.41, 5.74) is 34.5. The maximum absolute atomic E-state index is 6.64. The largest absolute Gasteiger partial charge is 0.456 e. The van der Waals surface area contributed by atoms with Gasteiger partial charge in [0.05, 0.1) is 45.2 Å². The molecule has 132 heavy (non-hydrogen) atoms. The van der Waals surface area contributed by atoms with E-state index in [0.717, 1.165) is 233 Å². The van der Waals surface area contributed by atoms with Crippen LogP contribution in [-0.2, 0) is 0 Å². The fourth-order valence-corrected chi connectivity index (χ4v) is 19.0. The lowest BCUT2D eigenvalue weighted by atomic mass is 9.89. The zero-order valence-corrected chi connectivity index (χ0v) is 71.5. The quantitative estimate of drug-likeness (QED) is 0.0935. The molecule has 25 rings (SSSR count). The van der Waals surface area contributed by atoms with Crippen molar-refractivity contribution >= 4 is 87.2 Å². The lowest BCUT2D eigenvalue weighted by Crippen LogP contribution is -1.96. The minimum atomic E-state index is 0.663. The van der Waals surface area contributed by atoms with Crippen LogP contribution in [0.1, 0.15) is 0 Å². The summed E-state index contributed by atoms with van der Waals surface area (Å²) in [4.78, 5) is 31.6. The van der Waals surface area contributed by atoms with E-state index in [1.165, 1.54) is 10.9 Å². The molecule has 6 heterocycles. The molecule has 0 aliphatic rings. The van der Waals surface area contributed by atoms with Crippen LogP contribution in [0.3, 0.4) is 0 Å². The van der Waals surface area contributed by atoms with Crippen LogP contribution in [0.25, 0.3) is 255 Å². The van der Waals surface area contributed by atoms with Crippen LogP contribution in [0.2, 0.25) is 0 Å². The second kappa shape index (κ2) is 33.6. The van der Waals surface area contributed by atoms with Crippen LogP contribution in [0.15, 0.2) is 482 Å². The number of rotatable bonds is 15. The summed E-state index contributed by atoms with van der Waals surface area (Å²) in [6.45, 7) is 0. The molecule has 19 aromatic carbocycles. The van der Waals surface area contributed by atoms with Gasteiger partial charge < -0.3 is 8.83 Å². The van der Waals surface area contributed by atoms with Crippen molar-refractivity contribution in [1.29, 1.82) is 0 Å². The number of pyridine rings is 2. The van der Waals surface area contributed by atoms with Gasteiger partial charge in [0, 0.05) is 109 Å². The third-order valence-corrected chi connectivity index (χ3v) is 25.3. The van der Waals surface area contributed by atoms with Crippen molar-refractivity contribution in [3.8, 4) is 168 Å². The van der Waals surface area contributed by atoms with Gasteiger partial charge in [0.1, 0.15) is 22.3 Å². The smallest absolute Gasteiger partial charge is 0.160 e. The fraction of sp³-hybridized carbons (Fsp3) is 0. The van der Waals surface area contributed by atoms with Crippen molar-refractivity contribution in [2.24, 2.45) is 0 Å². The second-order valence-electron chi connectivity index (χ2n) is 33.4. The van der Waals surface area contributed by atoms with E-state index >= 15 is 0 Å². The maximum atomic E-state index is 6.64. The van der Waals surface area contributed by atoms with Crippen LogP contribution < -0.4 is 0 Å². The van der Waals surface area contributed by atoms with Gasteiger partial charge in [0.25, 0.3) is 0 Å². The standard InChI is InChI=1S/C65H41N3O.C59H37N3O/c1-4-17-42(18-5-1)47-23-14-26-50(37-47)57-41-58(51-27-15-24-48(38-51)43-19-6-2-7-20-43)68-65(67-57)46-35-33-44(34-36-46)49-25-16-28-52(39-49)64-55-40-60-63(54-30-11-13-32-59(54)69-60)61(45-21-8-3-9-22-45)62(55)53-29-10-12-31-56(53)66-64;1-4-16-38(17-5-1)43-22-14-24-45(34-43)52-37-51(40-18-6-2-7-19-40)61-59(62-52)42-32-30-39(31-33-42)44-23-15-25-46(35-44)58-49-36-54-57(48-27-11-13-29-53(48)63-54)55(41-20-8-3-9-21-41)56(49)47-26-10-12-28-50(47)60-58/h1-41H;1-37H. The highest BCUT2D eigenvalue weighted by atomic mass is 16.3. The van der Waals surface area contributed by atoms with Gasteiger partial charge in [-0.1, -0.05) is 394 Å². The molecular formula is C124H78N6O2. The summed E-state index contributed by atoms with van der Waals surface area (Å²) < 4.78 is 13.3. The lowest BCUT2D eigenvalue weighted by Gasteiger charge is -2.16. The van der Waals surface area contributed by atoms with Crippen molar-refractivity contribution in [3.05, 3.63) is 473 Å². The van der Waals surface area contributed by atoms with E-state index in [1.807, 2.05) is 48.5 Å². The number of para-hydroxylation sites is 4. The SMILES string of the molecule is c1ccc(-c2cccc(-c3cc(-c4cccc(-c5ccccc5)c4)nc(-c4ccc(-c5cccc(-c6nc7ccccc7c7c(-c8ccccc8)c8c(cc67)oc6ccccc68)c5)cc4)n3)c2)cc1.c1ccc(-c2cccc(-c3cc(-c4ccccc4)nc(-c4ccc(-c5cccc(-c6nc7ccccc7c7c(-c8ccccc8)c8c(cc67)oc6ccccc68)c5)cc4)n3)c2)cc1. The Labute approximate surface area is 762 Å². The molecule has 0 saturated carbocycles. The van der Waals surface area contributed by atoms with E-state index in [1.54, 1.807) is 0 Å². The van der Waals surface area contributed by atoms with Crippen molar-refractivity contribution in [2.75, 3.05) is 0 Å². The summed E-state index contributed by atoms with van der Waals surface area (Å²) in [6.07, 6.45) is 0. The van der Waals surface area contributed by atoms with Crippen LogP contribution in [0.4, 0.5) is 0 Å². The molecule has 0 radical (unpaired) electrons. The Balaban J connectivity index is 0.000000146. The Morgan fingerprint density at radius 1 is 0.136 bits per heavy atom. The van der Waals surface area contributed by atoms with Gasteiger partial charge >= 0.3 is 0 Å². The van der Waals surface area contributed by atoms with Gasteiger partial charge in [-0.2, -0.15) is 0 Å². The molecular weight excluding hydrogens is 1610 g/mol. The number of nitrogens with zero attached hydrogens (tertiary/aromatic N) is 6. The molecule has 0 N–H and O–H groups in total. The molecule has 616 valence electrons. The molecule has 0 atom stereocenters. The van der Waals surface area contributed by atoms with Crippen molar-refractivity contribution in [1.82, 2.24) is 29.9 Å². The van der Waals surface area contributed by atoms with Gasteiger partial charge in [0.2, 0.25) is 0 Å². The highest BCUT2D eigenvalue weighted by Crippen LogP contribution is 2.50. The summed E-state index contributed by atoms with van der Waals surface area (Å²) >= 11 is 0. The van der Waals surface area contributed by atoms with Gasteiger partial charge in [0.15, 0.2) is 11.6 Å². The molecule has 0 spiro atoms. The van der Waals surface area contributed by atoms with E-state index in [-0.39, 0.29) is 0 Å². The predicted molar refractivity (Wildman–Crippen MR) is 546 cm³/mol. The second-order valence-corrected chi connectivity index (χ2v) is 33.4. The molecule has 0 aliphatic heterocycles. The molecule has 0 saturated heterocycles. The molecule has 0 amide bonds. The first-order valence-corrected chi connectivity index (χ1v) is 44.6. The van der Waals surface area contributed by atoms with Crippen molar-refractivity contribution in [2.45, 2.75) is 0 Å². The Hall–Kier alpha value is -17.7. The van der Waals surface area contributed by atoms with Crippen LogP contribution in [0, 0.1) is 0 Å². The Kier molecular flexibility index (Phi) is 19.8. The zero-order chi connectivity index (χ0) is 87.4. The van der Waals surface area contributed by atoms with Crippen LogP contribution >= 0.6 is 0 Å². The van der Waals surface area contributed by atoms with Gasteiger partial charge in [-0.15, -0.1) is 0 Å². The molecule has 0 aliphatic carbocycles. The van der Waals surface area contributed by atoms with E-state index < -0.39 is 0 Å². The summed E-state index contributed by atoms with van der Waals surface area (Å²) in [6, 6.07) is 166. The topological polar surface area (TPSA) is 104 Å². The van der Waals surface area contributed by atoms with Gasteiger partial charge in [-0.05, 0) is 146 Å². The average Bonchev–Trinajstić information content (AvgIpc) is 1.65. The van der Waals surface area contributed by atoms with Crippen molar-refractivity contribution in [3.63, 3.8) is 0 Å². The number of benzene rings is 19. The van der Waals surface area contributed by atoms with E-state index in [4.69, 9.17) is 38.7 Å². The van der Waals surface area contributed by atoms with Crippen LogP contribution in [-0.4, -0.2) is 29.9 Å². The summed E-state index contributed by atoms with van der Waals surface area (Å²) in [5.74, 6) is 1.34. The van der Waals surface area contributed by atoms with Crippen molar-refractivity contribution < 1.29 is 8.83 Å².